The van der Waals surface area contributed by atoms with Crippen LogP contribution < -0.4 is 10.2 Å². The van der Waals surface area contributed by atoms with Crippen molar-refractivity contribution in [2.24, 2.45) is 5.92 Å². The Morgan fingerprint density at radius 3 is 2.34 bits per heavy atom. The van der Waals surface area contributed by atoms with Gasteiger partial charge < -0.3 is 15.0 Å². The molecule has 1 atom stereocenters. The first-order valence-corrected chi connectivity index (χ1v) is 10.2. The van der Waals surface area contributed by atoms with Crippen LogP contribution in [0.2, 0.25) is 0 Å². The SMILES string of the molecule is COCCN1CCN(c2ccc(NC(=O)C(C)Cc3ccc(F)cc3)cc2)CC1. The lowest BCUT2D eigenvalue weighted by Gasteiger charge is -2.36. The lowest BCUT2D eigenvalue weighted by atomic mass is 10.0. The number of ether oxygens (including phenoxy) is 1. The highest BCUT2D eigenvalue weighted by Gasteiger charge is 2.17. The molecule has 1 unspecified atom stereocenters. The summed E-state index contributed by atoms with van der Waals surface area (Å²) in [5.74, 6) is -0.489. The summed E-state index contributed by atoms with van der Waals surface area (Å²) in [5.41, 5.74) is 2.92. The van der Waals surface area contributed by atoms with Crippen molar-refractivity contribution in [1.82, 2.24) is 4.90 Å². The number of rotatable bonds is 8. The van der Waals surface area contributed by atoms with Gasteiger partial charge in [0.25, 0.3) is 0 Å². The Kier molecular flexibility index (Phi) is 7.61. The predicted molar refractivity (Wildman–Crippen MR) is 115 cm³/mol. The monoisotopic (exact) mass is 399 g/mol. The van der Waals surface area contributed by atoms with Crippen LogP contribution >= 0.6 is 0 Å². The number of anilines is 2. The van der Waals surface area contributed by atoms with Crippen LogP contribution in [-0.4, -0.2) is 57.2 Å². The van der Waals surface area contributed by atoms with Gasteiger partial charge >= 0.3 is 0 Å². The number of amides is 1. The normalized spacial score (nSPS) is 15.9. The molecule has 0 radical (unpaired) electrons. The molecular weight excluding hydrogens is 369 g/mol. The number of nitrogens with one attached hydrogen (secondary N) is 1. The molecule has 0 aromatic heterocycles. The molecular formula is C23H30FN3O2. The molecule has 1 aliphatic heterocycles. The zero-order valence-electron chi connectivity index (χ0n) is 17.2. The molecule has 0 bridgehead atoms. The number of hydrogen-bond acceptors (Lipinski definition) is 4. The molecule has 1 fully saturated rings. The first-order chi connectivity index (χ1) is 14.0. The molecule has 2 aromatic rings. The van der Waals surface area contributed by atoms with Crippen molar-refractivity contribution in [3.05, 3.63) is 59.9 Å². The number of piperazine rings is 1. The molecule has 3 rings (SSSR count). The maximum Gasteiger partial charge on any atom is 0.227 e. The maximum absolute atomic E-state index is 13.0. The second-order valence-corrected chi connectivity index (χ2v) is 7.59. The fraction of sp³-hybridized carbons (Fsp3) is 0.435. The van der Waals surface area contributed by atoms with Gasteiger partial charge in [0.1, 0.15) is 5.82 Å². The third kappa shape index (κ3) is 6.27. The summed E-state index contributed by atoms with van der Waals surface area (Å²) in [6, 6.07) is 14.3. The molecule has 29 heavy (non-hydrogen) atoms. The second-order valence-electron chi connectivity index (χ2n) is 7.59. The molecule has 5 nitrogen and oxygen atoms in total. The Morgan fingerprint density at radius 1 is 1.07 bits per heavy atom. The number of carbonyl (C=O) groups is 1. The van der Waals surface area contributed by atoms with Gasteiger partial charge in [-0.25, -0.2) is 4.39 Å². The van der Waals surface area contributed by atoms with Gasteiger partial charge in [-0.15, -0.1) is 0 Å². The van der Waals surface area contributed by atoms with E-state index < -0.39 is 0 Å². The van der Waals surface area contributed by atoms with E-state index in [9.17, 15) is 9.18 Å². The van der Waals surface area contributed by atoms with E-state index in [-0.39, 0.29) is 17.6 Å². The highest BCUT2D eigenvalue weighted by molar-refractivity contribution is 5.92. The minimum absolute atomic E-state index is 0.0335. The molecule has 0 saturated carbocycles. The summed E-state index contributed by atoms with van der Waals surface area (Å²) < 4.78 is 18.2. The lowest BCUT2D eigenvalue weighted by molar-refractivity contribution is -0.119. The summed E-state index contributed by atoms with van der Waals surface area (Å²) in [5, 5.41) is 2.98. The van der Waals surface area contributed by atoms with Crippen LogP contribution in [0.15, 0.2) is 48.5 Å². The zero-order valence-corrected chi connectivity index (χ0v) is 17.2. The van der Waals surface area contributed by atoms with E-state index in [1.54, 1.807) is 19.2 Å². The summed E-state index contributed by atoms with van der Waals surface area (Å²) in [6.45, 7) is 7.68. The van der Waals surface area contributed by atoms with Gasteiger partial charge in [-0.2, -0.15) is 0 Å². The number of benzene rings is 2. The highest BCUT2D eigenvalue weighted by Crippen LogP contribution is 2.20. The summed E-state index contributed by atoms with van der Waals surface area (Å²) in [7, 11) is 1.74. The molecule has 1 heterocycles. The van der Waals surface area contributed by atoms with Crippen molar-refractivity contribution < 1.29 is 13.9 Å². The van der Waals surface area contributed by atoms with E-state index in [1.165, 1.54) is 17.8 Å². The van der Waals surface area contributed by atoms with Gasteiger partial charge in [0, 0.05) is 57.1 Å². The summed E-state index contributed by atoms with van der Waals surface area (Å²) in [4.78, 5) is 17.3. The third-order valence-corrected chi connectivity index (χ3v) is 5.39. The van der Waals surface area contributed by atoms with Crippen molar-refractivity contribution in [3.63, 3.8) is 0 Å². The molecule has 1 saturated heterocycles. The summed E-state index contributed by atoms with van der Waals surface area (Å²) in [6.07, 6.45) is 0.581. The Hall–Kier alpha value is -2.44. The lowest BCUT2D eigenvalue weighted by Crippen LogP contribution is -2.47. The maximum atomic E-state index is 13.0. The second kappa shape index (κ2) is 10.4. The van der Waals surface area contributed by atoms with Crippen molar-refractivity contribution in [3.8, 4) is 0 Å². The van der Waals surface area contributed by atoms with E-state index in [1.807, 2.05) is 19.1 Å². The smallest absolute Gasteiger partial charge is 0.227 e. The summed E-state index contributed by atoms with van der Waals surface area (Å²) >= 11 is 0. The number of methoxy groups -OCH3 is 1. The van der Waals surface area contributed by atoms with Gasteiger partial charge in [-0.3, -0.25) is 9.69 Å². The van der Waals surface area contributed by atoms with Crippen LogP contribution in [0, 0.1) is 11.7 Å². The van der Waals surface area contributed by atoms with Crippen LogP contribution in [0.25, 0.3) is 0 Å². The van der Waals surface area contributed by atoms with Crippen LogP contribution in [-0.2, 0) is 16.0 Å². The van der Waals surface area contributed by atoms with Gasteiger partial charge in [0.2, 0.25) is 5.91 Å². The van der Waals surface area contributed by atoms with Gasteiger partial charge in [-0.1, -0.05) is 19.1 Å². The Morgan fingerprint density at radius 2 is 1.72 bits per heavy atom. The number of carbonyl (C=O) groups excluding carboxylic acids is 1. The van der Waals surface area contributed by atoms with E-state index in [2.05, 4.69) is 27.2 Å². The van der Waals surface area contributed by atoms with Crippen LogP contribution in [0.3, 0.4) is 0 Å². The Balaban J connectivity index is 1.48. The van der Waals surface area contributed by atoms with Crippen LogP contribution in [0.4, 0.5) is 15.8 Å². The van der Waals surface area contributed by atoms with Gasteiger partial charge in [-0.05, 0) is 48.4 Å². The number of hydrogen-bond donors (Lipinski definition) is 1. The van der Waals surface area contributed by atoms with E-state index in [0.717, 1.165) is 50.6 Å². The minimum atomic E-state index is -0.262. The first kappa shape index (κ1) is 21.3. The fourth-order valence-electron chi connectivity index (χ4n) is 3.54. The van der Waals surface area contributed by atoms with Crippen molar-refractivity contribution in [2.45, 2.75) is 13.3 Å². The van der Waals surface area contributed by atoms with Gasteiger partial charge in [0.15, 0.2) is 0 Å². The Bertz CT molecular complexity index is 772. The van der Waals surface area contributed by atoms with Crippen molar-refractivity contribution >= 4 is 17.3 Å². The molecule has 6 heteroatoms. The van der Waals surface area contributed by atoms with E-state index >= 15 is 0 Å². The molecule has 0 aliphatic carbocycles. The van der Waals surface area contributed by atoms with Crippen molar-refractivity contribution in [1.29, 1.82) is 0 Å². The number of nitrogens with zero attached hydrogens (tertiary/aromatic N) is 2. The average Bonchev–Trinajstić information content (AvgIpc) is 2.75. The number of halogens is 1. The zero-order chi connectivity index (χ0) is 20.6. The molecule has 1 aliphatic rings. The Labute approximate surface area is 172 Å². The van der Waals surface area contributed by atoms with Crippen LogP contribution in [0.1, 0.15) is 12.5 Å². The molecule has 1 amide bonds. The first-order valence-electron chi connectivity index (χ1n) is 10.2. The predicted octanol–water partition coefficient (Wildman–Crippen LogP) is 3.41. The van der Waals surface area contributed by atoms with E-state index in [4.69, 9.17) is 4.74 Å². The molecule has 1 N–H and O–H groups in total. The third-order valence-electron chi connectivity index (χ3n) is 5.39. The average molecular weight is 400 g/mol. The van der Waals surface area contributed by atoms with E-state index in [0.29, 0.717) is 6.42 Å². The fourth-order valence-corrected chi connectivity index (χ4v) is 3.54. The van der Waals surface area contributed by atoms with Gasteiger partial charge in [0.05, 0.1) is 6.61 Å². The molecule has 0 spiro atoms. The standard InChI is InChI=1S/C23H30FN3O2/c1-18(17-19-3-5-20(24)6-4-19)23(28)25-21-7-9-22(10-8-21)27-13-11-26(12-14-27)15-16-29-2/h3-10,18H,11-17H2,1-2H3,(H,25,28). The molecule has 2 aromatic carbocycles. The van der Waals surface area contributed by atoms with Crippen LogP contribution in [0.5, 0.6) is 0 Å². The minimum Gasteiger partial charge on any atom is -0.383 e. The topological polar surface area (TPSA) is 44.8 Å². The molecule has 156 valence electrons. The quantitative estimate of drug-likeness (QED) is 0.739. The van der Waals surface area contributed by atoms with Crippen molar-refractivity contribution in [2.75, 3.05) is 56.7 Å². The highest BCUT2D eigenvalue weighted by atomic mass is 19.1. The largest absolute Gasteiger partial charge is 0.383 e.